The number of hydrogen-bond donors (Lipinski definition) is 2. The van der Waals surface area contributed by atoms with Crippen LogP contribution in [0.1, 0.15) is 13.3 Å². The second-order valence-corrected chi connectivity index (χ2v) is 7.20. The van der Waals surface area contributed by atoms with E-state index in [2.05, 4.69) is 25.6 Å². The van der Waals surface area contributed by atoms with Gasteiger partial charge in [-0.15, -0.1) is 0 Å². The number of carbonyl (C=O) groups is 1. The lowest BCUT2D eigenvalue weighted by Crippen LogP contribution is -2.14. The van der Waals surface area contributed by atoms with Crippen LogP contribution in [-0.4, -0.2) is 41.2 Å². The number of anilines is 3. The van der Waals surface area contributed by atoms with Crippen molar-refractivity contribution >= 4 is 35.3 Å². The molecule has 2 aromatic carbocycles. The standard InChI is InChI=1S/C21H22FN5O3S/c1-3-30-18(28)11-12-23-19-25-20(24-15-6-4-5-14(22)13-15)27-21(26-19)31-17-9-7-16(29-2)8-10-17/h4-10,13H,3,11-12H2,1-2H3,(H2,23,24,25,26,27). The molecular weight excluding hydrogens is 421 g/mol. The highest BCUT2D eigenvalue weighted by Crippen LogP contribution is 2.28. The average molecular weight is 444 g/mol. The fourth-order valence-corrected chi connectivity index (χ4v) is 3.24. The van der Waals surface area contributed by atoms with E-state index in [9.17, 15) is 9.18 Å². The van der Waals surface area contributed by atoms with Crippen molar-refractivity contribution in [2.45, 2.75) is 23.4 Å². The van der Waals surface area contributed by atoms with E-state index in [4.69, 9.17) is 9.47 Å². The zero-order valence-electron chi connectivity index (χ0n) is 17.1. The Morgan fingerprint density at radius 3 is 2.58 bits per heavy atom. The lowest BCUT2D eigenvalue weighted by Gasteiger charge is -2.10. The number of methoxy groups -OCH3 is 1. The van der Waals surface area contributed by atoms with E-state index in [0.29, 0.717) is 24.0 Å². The molecule has 0 aliphatic rings. The van der Waals surface area contributed by atoms with Crippen LogP contribution in [0.15, 0.2) is 58.6 Å². The molecule has 0 spiro atoms. The molecule has 0 saturated carbocycles. The summed E-state index contributed by atoms with van der Waals surface area (Å²) in [5.41, 5.74) is 0.504. The number of hydrogen-bond acceptors (Lipinski definition) is 9. The van der Waals surface area contributed by atoms with Crippen LogP contribution in [0, 0.1) is 5.82 Å². The zero-order chi connectivity index (χ0) is 22.1. The highest BCUT2D eigenvalue weighted by Gasteiger charge is 2.10. The Labute approximate surface area is 183 Å². The summed E-state index contributed by atoms with van der Waals surface area (Å²) in [5, 5.41) is 6.42. The monoisotopic (exact) mass is 443 g/mol. The number of rotatable bonds is 10. The number of esters is 1. The summed E-state index contributed by atoms with van der Waals surface area (Å²) in [6, 6.07) is 13.4. The lowest BCUT2D eigenvalue weighted by atomic mass is 10.3. The summed E-state index contributed by atoms with van der Waals surface area (Å²) in [6.07, 6.45) is 0.174. The Morgan fingerprint density at radius 1 is 1.10 bits per heavy atom. The maximum atomic E-state index is 13.5. The summed E-state index contributed by atoms with van der Waals surface area (Å²) in [7, 11) is 1.60. The Bertz CT molecular complexity index is 1020. The van der Waals surface area contributed by atoms with Crippen LogP contribution in [0.3, 0.4) is 0 Å². The van der Waals surface area contributed by atoms with E-state index < -0.39 is 0 Å². The van der Waals surface area contributed by atoms with Gasteiger partial charge in [0.2, 0.25) is 11.9 Å². The van der Waals surface area contributed by atoms with Gasteiger partial charge in [-0.3, -0.25) is 4.79 Å². The van der Waals surface area contributed by atoms with Crippen molar-refractivity contribution in [2.75, 3.05) is 30.9 Å². The maximum absolute atomic E-state index is 13.5. The third-order valence-corrected chi connectivity index (χ3v) is 4.75. The minimum absolute atomic E-state index is 0.174. The van der Waals surface area contributed by atoms with Gasteiger partial charge in [-0.05, 0) is 61.2 Å². The highest BCUT2D eigenvalue weighted by atomic mass is 32.2. The molecule has 0 bridgehead atoms. The van der Waals surface area contributed by atoms with Gasteiger partial charge < -0.3 is 20.1 Å². The lowest BCUT2D eigenvalue weighted by molar-refractivity contribution is -0.142. The molecule has 31 heavy (non-hydrogen) atoms. The Morgan fingerprint density at radius 2 is 1.87 bits per heavy atom. The first-order valence-corrected chi connectivity index (χ1v) is 10.4. The minimum atomic E-state index is -0.375. The number of halogens is 1. The predicted molar refractivity (Wildman–Crippen MR) is 116 cm³/mol. The van der Waals surface area contributed by atoms with Crippen molar-refractivity contribution in [3.05, 3.63) is 54.3 Å². The smallest absolute Gasteiger partial charge is 0.307 e. The minimum Gasteiger partial charge on any atom is -0.497 e. The molecule has 0 aliphatic heterocycles. The van der Waals surface area contributed by atoms with Crippen LogP contribution in [0.2, 0.25) is 0 Å². The summed E-state index contributed by atoms with van der Waals surface area (Å²) >= 11 is 1.33. The number of nitrogens with one attached hydrogen (secondary N) is 2. The molecule has 0 aliphatic carbocycles. The summed E-state index contributed by atoms with van der Waals surface area (Å²) in [4.78, 5) is 25.6. The van der Waals surface area contributed by atoms with E-state index in [-0.39, 0.29) is 30.1 Å². The van der Waals surface area contributed by atoms with Gasteiger partial charge in [0.1, 0.15) is 11.6 Å². The Balaban J connectivity index is 1.79. The Kier molecular flexibility index (Phi) is 7.99. The molecule has 3 rings (SSSR count). The van der Waals surface area contributed by atoms with E-state index >= 15 is 0 Å². The van der Waals surface area contributed by atoms with Crippen LogP contribution < -0.4 is 15.4 Å². The number of carbonyl (C=O) groups excluding carboxylic acids is 1. The second kappa shape index (κ2) is 11.1. The average Bonchev–Trinajstić information content (AvgIpc) is 2.74. The van der Waals surface area contributed by atoms with Gasteiger partial charge in [0.05, 0.1) is 20.1 Å². The molecule has 0 radical (unpaired) electrons. The number of benzene rings is 2. The van der Waals surface area contributed by atoms with Crippen LogP contribution in [-0.2, 0) is 9.53 Å². The zero-order valence-corrected chi connectivity index (χ0v) is 17.9. The topological polar surface area (TPSA) is 98.3 Å². The van der Waals surface area contributed by atoms with Crippen molar-refractivity contribution in [1.29, 1.82) is 0 Å². The van der Waals surface area contributed by atoms with E-state index in [0.717, 1.165) is 10.6 Å². The third kappa shape index (κ3) is 7.10. The molecule has 8 nitrogen and oxygen atoms in total. The van der Waals surface area contributed by atoms with Gasteiger partial charge >= 0.3 is 5.97 Å². The Hall–Kier alpha value is -3.40. The van der Waals surface area contributed by atoms with Crippen molar-refractivity contribution in [2.24, 2.45) is 0 Å². The first-order chi connectivity index (χ1) is 15.1. The number of ether oxygens (including phenoxy) is 2. The summed E-state index contributed by atoms with van der Waals surface area (Å²) in [5.74, 6) is 0.592. The third-order valence-electron chi connectivity index (χ3n) is 3.88. The number of aromatic nitrogens is 3. The van der Waals surface area contributed by atoms with Crippen molar-refractivity contribution in [3.63, 3.8) is 0 Å². The van der Waals surface area contributed by atoms with E-state index in [1.807, 2.05) is 24.3 Å². The molecule has 162 valence electrons. The molecule has 0 atom stereocenters. The highest BCUT2D eigenvalue weighted by molar-refractivity contribution is 7.99. The van der Waals surface area contributed by atoms with Crippen LogP contribution in [0.4, 0.5) is 22.0 Å². The molecule has 0 fully saturated rings. The molecule has 0 saturated heterocycles. The molecule has 10 heteroatoms. The second-order valence-electron chi connectivity index (χ2n) is 6.16. The van der Waals surface area contributed by atoms with Crippen molar-refractivity contribution in [1.82, 2.24) is 15.0 Å². The summed E-state index contributed by atoms with van der Waals surface area (Å²) < 4.78 is 23.6. The molecule has 1 aromatic heterocycles. The molecule has 3 aromatic rings. The van der Waals surface area contributed by atoms with Gasteiger partial charge in [0.25, 0.3) is 0 Å². The largest absolute Gasteiger partial charge is 0.497 e. The van der Waals surface area contributed by atoms with Gasteiger partial charge in [0.15, 0.2) is 5.16 Å². The molecule has 0 amide bonds. The first kappa shape index (κ1) is 22.3. The van der Waals surface area contributed by atoms with Crippen molar-refractivity contribution < 1.29 is 18.7 Å². The van der Waals surface area contributed by atoms with Gasteiger partial charge in [-0.2, -0.15) is 15.0 Å². The van der Waals surface area contributed by atoms with Gasteiger partial charge in [0, 0.05) is 17.1 Å². The molecule has 1 heterocycles. The normalized spacial score (nSPS) is 10.4. The van der Waals surface area contributed by atoms with Crippen LogP contribution >= 0.6 is 11.8 Å². The quantitative estimate of drug-likeness (QED) is 0.445. The summed E-state index contributed by atoms with van der Waals surface area (Å²) in [6.45, 7) is 2.38. The number of nitrogens with zero attached hydrogens (tertiary/aromatic N) is 3. The van der Waals surface area contributed by atoms with Crippen LogP contribution in [0.25, 0.3) is 0 Å². The van der Waals surface area contributed by atoms with E-state index in [1.54, 1.807) is 26.2 Å². The molecule has 0 unspecified atom stereocenters. The first-order valence-electron chi connectivity index (χ1n) is 9.56. The van der Waals surface area contributed by atoms with Gasteiger partial charge in [-0.25, -0.2) is 4.39 Å². The fourth-order valence-electron chi connectivity index (χ4n) is 2.49. The molecule has 2 N–H and O–H groups in total. The van der Waals surface area contributed by atoms with E-state index in [1.165, 1.54) is 23.9 Å². The van der Waals surface area contributed by atoms with Crippen molar-refractivity contribution in [3.8, 4) is 5.75 Å². The fraction of sp³-hybridized carbons (Fsp3) is 0.238. The van der Waals surface area contributed by atoms with Gasteiger partial charge in [-0.1, -0.05) is 6.07 Å². The van der Waals surface area contributed by atoms with Crippen LogP contribution in [0.5, 0.6) is 5.75 Å². The predicted octanol–water partition coefficient (Wildman–Crippen LogP) is 4.28. The molecular formula is C21H22FN5O3S. The SMILES string of the molecule is CCOC(=O)CCNc1nc(Nc2cccc(F)c2)nc(Sc2ccc(OC)cc2)n1. The maximum Gasteiger partial charge on any atom is 0.307 e.